The summed E-state index contributed by atoms with van der Waals surface area (Å²) in [5, 5.41) is 8.89. The van der Waals surface area contributed by atoms with E-state index in [2.05, 4.69) is 20.9 Å². The second-order valence-electron chi connectivity index (χ2n) is 4.01. The highest BCUT2D eigenvalue weighted by atomic mass is 19.3. The molecule has 0 bridgehead atoms. The highest BCUT2D eigenvalue weighted by molar-refractivity contribution is 5.45. The molecule has 7 nitrogen and oxygen atoms in total. The number of ether oxygens (including phenoxy) is 2. The van der Waals surface area contributed by atoms with Gasteiger partial charge in [-0.15, -0.1) is 0 Å². The summed E-state index contributed by atoms with van der Waals surface area (Å²) < 4.78 is 22.4. The summed E-state index contributed by atoms with van der Waals surface area (Å²) in [6.07, 6.45) is 0. The van der Waals surface area contributed by atoms with E-state index >= 15 is 0 Å². The van der Waals surface area contributed by atoms with Crippen molar-refractivity contribution in [2.75, 3.05) is 32.1 Å². The van der Waals surface area contributed by atoms with Crippen LogP contribution in [0.2, 0.25) is 0 Å². The lowest BCUT2D eigenvalue weighted by Gasteiger charge is -2.20. The first-order chi connectivity index (χ1) is 9.79. The van der Waals surface area contributed by atoms with Crippen molar-refractivity contribution in [2.24, 2.45) is 5.73 Å². The van der Waals surface area contributed by atoms with Gasteiger partial charge >= 0.3 is 0 Å². The maximum absolute atomic E-state index is 11.8. The van der Waals surface area contributed by atoms with Gasteiger partial charge in [0.05, 0.1) is 12.3 Å². The van der Waals surface area contributed by atoms with Gasteiger partial charge in [0.15, 0.2) is 5.75 Å². The molecule has 1 aliphatic heterocycles. The van der Waals surface area contributed by atoms with E-state index in [-0.39, 0.29) is 5.75 Å². The smallest absolute Gasteiger partial charge is 0.172 e. The molecule has 0 radical (unpaired) electrons. The third kappa shape index (κ3) is 4.18. The molecule has 0 fully saturated rings. The Labute approximate surface area is 115 Å². The fraction of sp³-hybridized carbons (Fsp3) is 0.333. The third-order valence-electron chi connectivity index (χ3n) is 2.65. The Kier molecular flexibility index (Phi) is 5.27. The Balaban J connectivity index is 1.63. The first-order valence-corrected chi connectivity index (χ1v) is 6.04. The minimum absolute atomic E-state index is 0.158. The van der Waals surface area contributed by atoms with Gasteiger partial charge in [-0.25, -0.2) is 0 Å². The van der Waals surface area contributed by atoms with Crippen LogP contribution >= 0.6 is 0 Å². The van der Waals surface area contributed by atoms with Gasteiger partial charge in [0, 0.05) is 10.2 Å². The van der Waals surface area contributed by atoms with Crippen LogP contribution in [0.3, 0.4) is 0 Å². The summed E-state index contributed by atoms with van der Waals surface area (Å²) in [4.78, 5) is 3.59. The Morgan fingerprint density at radius 2 is 2.00 bits per heavy atom. The van der Waals surface area contributed by atoms with Crippen molar-refractivity contribution in [2.45, 2.75) is 0 Å². The lowest BCUT2D eigenvalue weighted by Crippen LogP contribution is -2.37. The standard InChI is InChI=1S/C12H17FN4O3/c13-20-10-3-1-9(2-4-10)15-6-19-7-16-11-5-18-8-17-12(11)14/h1-4,15-17H,5-8,14H2. The van der Waals surface area contributed by atoms with Crippen LogP contribution in [0.25, 0.3) is 0 Å². The van der Waals surface area contributed by atoms with E-state index in [0.29, 0.717) is 32.6 Å². The lowest BCUT2D eigenvalue weighted by atomic mass is 10.3. The van der Waals surface area contributed by atoms with Gasteiger partial charge in [-0.1, -0.05) is 0 Å². The van der Waals surface area contributed by atoms with E-state index < -0.39 is 0 Å². The topological polar surface area (TPSA) is 89.8 Å². The molecule has 0 saturated heterocycles. The number of halogens is 1. The van der Waals surface area contributed by atoms with Crippen LogP contribution in [0.15, 0.2) is 35.8 Å². The van der Waals surface area contributed by atoms with Crippen LogP contribution in [0.5, 0.6) is 5.75 Å². The van der Waals surface area contributed by atoms with E-state index in [1.807, 2.05) is 0 Å². The molecular weight excluding hydrogens is 267 g/mol. The van der Waals surface area contributed by atoms with Crippen molar-refractivity contribution < 1.29 is 18.9 Å². The predicted octanol–water partition coefficient (Wildman–Crippen LogP) is 0.588. The highest BCUT2D eigenvalue weighted by Crippen LogP contribution is 2.15. The van der Waals surface area contributed by atoms with Crippen molar-refractivity contribution in [1.29, 1.82) is 0 Å². The highest BCUT2D eigenvalue weighted by Gasteiger charge is 2.08. The molecule has 0 atom stereocenters. The number of anilines is 1. The number of hydrogen-bond donors (Lipinski definition) is 4. The van der Waals surface area contributed by atoms with E-state index in [0.717, 1.165) is 11.4 Å². The van der Waals surface area contributed by atoms with Gasteiger partial charge in [0.1, 0.15) is 26.0 Å². The summed E-state index contributed by atoms with van der Waals surface area (Å²) in [5.74, 6) is 0.722. The van der Waals surface area contributed by atoms with E-state index in [1.165, 1.54) is 12.1 Å². The van der Waals surface area contributed by atoms with Crippen LogP contribution in [-0.4, -0.2) is 26.8 Å². The number of nitrogens with two attached hydrogens (primary N) is 1. The molecule has 110 valence electrons. The van der Waals surface area contributed by atoms with Gasteiger partial charge in [0.25, 0.3) is 0 Å². The molecule has 1 aromatic rings. The molecule has 0 saturated carbocycles. The molecular formula is C12H17FN4O3. The second kappa shape index (κ2) is 7.41. The average molecular weight is 284 g/mol. The Bertz CT molecular complexity index is 453. The fourth-order valence-electron chi connectivity index (χ4n) is 1.56. The SMILES string of the molecule is NC1=C(NCOCNc2ccc(OF)cc2)COCN1. The monoisotopic (exact) mass is 284 g/mol. The Morgan fingerprint density at radius 3 is 2.70 bits per heavy atom. The molecule has 1 heterocycles. The number of benzene rings is 1. The molecule has 0 spiro atoms. The molecule has 5 N–H and O–H groups in total. The summed E-state index contributed by atoms with van der Waals surface area (Å²) in [6, 6.07) is 6.39. The van der Waals surface area contributed by atoms with Crippen molar-refractivity contribution in [3.8, 4) is 5.75 Å². The van der Waals surface area contributed by atoms with Crippen LogP contribution in [0, 0.1) is 0 Å². The molecule has 8 heteroatoms. The zero-order chi connectivity index (χ0) is 14.2. The maximum Gasteiger partial charge on any atom is 0.172 e. The van der Waals surface area contributed by atoms with E-state index in [9.17, 15) is 4.53 Å². The summed E-state index contributed by atoms with van der Waals surface area (Å²) in [6.45, 7) is 1.43. The van der Waals surface area contributed by atoms with Gasteiger partial charge in [-0.3, -0.25) is 4.94 Å². The molecule has 2 rings (SSSR count). The first kappa shape index (κ1) is 14.2. The normalized spacial score (nSPS) is 14.7. The summed E-state index contributed by atoms with van der Waals surface area (Å²) in [5.41, 5.74) is 7.29. The van der Waals surface area contributed by atoms with Crippen molar-refractivity contribution in [1.82, 2.24) is 10.6 Å². The van der Waals surface area contributed by atoms with Gasteiger partial charge < -0.3 is 31.2 Å². The maximum atomic E-state index is 11.8. The Hall–Kier alpha value is -2.19. The quantitative estimate of drug-likeness (QED) is 0.430. The van der Waals surface area contributed by atoms with Gasteiger partial charge in [0.2, 0.25) is 0 Å². The zero-order valence-corrected chi connectivity index (χ0v) is 10.8. The molecule has 1 aromatic carbocycles. The summed E-state index contributed by atoms with van der Waals surface area (Å²) >= 11 is 0. The minimum atomic E-state index is 0.158. The number of nitrogens with one attached hydrogen (secondary N) is 3. The molecule has 1 aliphatic rings. The largest absolute Gasteiger partial charge is 0.384 e. The van der Waals surface area contributed by atoms with Crippen LogP contribution < -0.4 is 26.6 Å². The molecule has 0 unspecified atom stereocenters. The van der Waals surface area contributed by atoms with Crippen molar-refractivity contribution in [3.63, 3.8) is 0 Å². The molecule has 0 aromatic heterocycles. The van der Waals surface area contributed by atoms with Crippen LogP contribution in [0.4, 0.5) is 10.2 Å². The molecule has 20 heavy (non-hydrogen) atoms. The van der Waals surface area contributed by atoms with Gasteiger partial charge in [-0.05, 0) is 24.3 Å². The Morgan fingerprint density at radius 1 is 1.25 bits per heavy atom. The molecule has 0 amide bonds. The van der Waals surface area contributed by atoms with E-state index in [4.69, 9.17) is 15.2 Å². The van der Waals surface area contributed by atoms with Gasteiger partial charge in [-0.2, -0.15) is 0 Å². The predicted molar refractivity (Wildman–Crippen MR) is 70.9 cm³/mol. The minimum Gasteiger partial charge on any atom is -0.384 e. The number of rotatable bonds is 7. The van der Waals surface area contributed by atoms with Crippen LogP contribution in [0.1, 0.15) is 0 Å². The average Bonchev–Trinajstić information content (AvgIpc) is 2.49. The third-order valence-corrected chi connectivity index (χ3v) is 2.65. The lowest BCUT2D eigenvalue weighted by molar-refractivity contribution is -0.00618. The summed E-state index contributed by atoms with van der Waals surface area (Å²) in [7, 11) is 0. The van der Waals surface area contributed by atoms with Crippen molar-refractivity contribution in [3.05, 3.63) is 35.8 Å². The molecule has 0 aliphatic carbocycles. The number of hydrogen-bond acceptors (Lipinski definition) is 7. The first-order valence-electron chi connectivity index (χ1n) is 6.04. The second-order valence-corrected chi connectivity index (χ2v) is 4.01. The fourth-order valence-corrected chi connectivity index (χ4v) is 1.56. The van der Waals surface area contributed by atoms with Crippen molar-refractivity contribution >= 4 is 5.69 Å². The van der Waals surface area contributed by atoms with Crippen LogP contribution in [-0.2, 0) is 9.47 Å². The zero-order valence-electron chi connectivity index (χ0n) is 10.8. The van der Waals surface area contributed by atoms with E-state index in [1.54, 1.807) is 12.1 Å².